The van der Waals surface area contributed by atoms with Crippen LogP contribution in [0, 0.1) is 0 Å². The van der Waals surface area contributed by atoms with Gasteiger partial charge in [-0.25, -0.2) is 0 Å². The van der Waals surface area contributed by atoms with E-state index in [1.54, 1.807) is 0 Å². The number of amides is 1. The highest BCUT2D eigenvalue weighted by Gasteiger charge is 2.31. The molecule has 24 heavy (non-hydrogen) atoms. The summed E-state index contributed by atoms with van der Waals surface area (Å²) >= 11 is 0. The Morgan fingerprint density at radius 1 is 1.29 bits per heavy atom. The van der Waals surface area contributed by atoms with Gasteiger partial charge in [-0.05, 0) is 18.6 Å². The third-order valence-corrected chi connectivity index (χ3v) is 3.20. The number of aromatic amines is 1. The van der Waals surface area contributed by atoms with Gasteiger partial charge in [0.15, 0.2) is 0 Å². The molecule has 1 amide bonds. The Morgan fingerprint density at radius 2 is 1.96 bits per heavy atom. The van der Waals surface area contributed by atoms with Crippen LogP contribution in [0.2, 0.25) is 0 Å². The van der Waals surface area contributed by atoms with E-state index in [2.05, 4.69) is 5.32 Å². The van der Waals surface area contributed by atoms with Gasteiger partial charge in [0, 0.05) is 6.20 Å². The Balaban J connectivity index is 2.02. The van der Waals surface area contributed by atoms with Crippen molar-refractivity contribution in [1.82, 2.24) is 4.98 Å². The van der Waals surface area contributed by atoms with Crippen molar-refractivity contribution < 1.29 is 22.7 Å². The predicted molar refractivity (Wildman–Crippen MR) is 81.4 cm³/mol. The lowest BCUT2D eigenvalue weighted by Crippen LogP contribution is -2.30. The van der Waals surface area contributed by atoms with E-state index in [-0.39, 0.29) is 6.61 Å². The van der Waals surface area contributed by atoms with Gasteiger partial charge < -0.3 is 15.0 Å². The van der Waals surface area contributed by atoms with Crippen molar-refractivity contribution in [1.29, 1.82) is 0 Å². The molecule has 1 unspecified atom stereocenters. The summed E-state index contributed by atoms with van der Waals surface area (Å²) in [5, 5.41) is 2.15. The second-order valence-corrected chi connectivity index (χ2v) is 5.06. The molecule has 0 saturated heterocycles. The summed E-state index contributed by atoms with van der Waals surface area (Å²) in [5.41, 5.74) is -1.53. The van der Waals surface area contributed by atoms with Gasteiger partial charge in [-0.15, -0.1) is 0 Å². The standard InChI is InChI=1S/C16H15F3N2O3/c1-10(24-9-11-5-3-2-4-6-11)14(22)21-13-7-12(16(17,18)19)8-20-15(13)23/h2-8,10H,9H2,1H3,(H,20,23)(H,21,22). The van der Waals surface area contributed by atoms with Crippen molar-refractivity contribution in [2.75, 3.05) is 5.32 Å². The Morgan fingerprint density at radius 3 is 2.58 bits per heavy atom. The fraction of sp³-hybridized carbons (Fsp3) is 0.250. The smallest absolute Gasteiger partial charge is 0.364 e. The van der Waals surface area contributed by atoms with Gasteiger partial charge >= 0.3 is 6.18 Å². The van der Waals surface area contributed by atoms with Crippen molar-refractivity contribution in [3.63, 3.8) is 0 Å². The Labute approximate surface area is 135 Å². The monoisotopic (exact) mass is 340 g/mol. The van der Waals surface area contributed by atoms with Crippen LogP contribution in [0.4, 0.5) is 18.9 Å². The maximum absolute atomic E-state index is 12.6. The first-order valence-corrected chi connectivity index (χ1v) is 7.03. The number of hydrogen-bond acceptors (Lipinski definition) is 3. The largest absolute Gasteiger partial charge is 0.417 e. The zero-order valence-electron chi connectivity index (χ0n) is 12.7. The first-order valence-electron chi connectivity index (χ1n) is 7.03. The van der Waals surface area contributed by atoms with Gasteiger partial charge in [0.05, 0.1) is 12.2 Å². The van der Waals surface area contributed by atoms with Crippen LogP contribution < -0.4 is 10.9 Å². The number of aromatic nitrogens is 1. The minimum Gasteiger partial charge on any atom is -0.364 e. The highest BCUT2D eigenvalue weighted by atomic mass is 19.4. The van der Waals surface area contributed by atoms with E-state index < -0.39 is 35.0 Å². The van der Waals surface area contributed by atoms with Crippen LogP contribution >= 0.6 is 0 Å². The normalized spacial score (nSPS) is 12.7. The third kappa shape index (κ3) is 4.69. The van der Waals surface area contributed by atoms with E-state index in [1.807, 2.05) is 35.3 Å². The summed E-state index contributed by atoms with van der Waals surface area (Å²) in [6, 6.07) is 9.65. The molecule has 0 spiro atoms. The molecule has 0 bridgehead atoms. The van der Waals surface area contributed by atoms with Crippen LogP contribution in [0.5, 0.6) is 0 Å². The molecule has 1 heterocycles. The fourth-order valence-electron chi connectivity index (χ4n) is 1.85. The lowest BCUT2D eigenvalue weighted by Gasteiger charge is -2.14. The Kier molecular flexibility index (Phi) is 5.40. The molecule has 5 nitrogen and oxygen atoms in total. The van der Waals surface area contributed by atoms with E-state index in [0.717, 1.165) is 5.56 Å². The van der Waals surface area contributed by atoms with Gasteiger partial charge in [-0.1, -0.05) is 30.3 Å². The molecule has 0 aliphatic carbocycles. The molecular formula is C16H15F3N2O3. The summed E-state index contributed by atoms with van der Waals surface area (Å²) < 4.78 is 43.3. The lowest BCUT2D eigenvalue weighted by molar-refractivity contribution is -0.138. The molecule has 0 fully saturated rings. The van der Waals surface area contributed by atoms with Crippen molar-refractivity contribution in [2.24, 2.45) is 0 Å². The summed E-state index contributed by atoms with van der Waals surface area (Å²) in [4.78, 5) is 25.5. The molecule has 0 radical (unpaired) electrons. The van der Waals surface area contributed by atoms with Crippen LogP contribution in [0.15, 0.2) is 47.4 Å². The number of ether oxygens (including phenoxy) is 1. The van der Waals surface area contributed by atoms with E-state index in [1.165, 1.54) is 6.92 Å². The summed E-state index contributed by atoms with van der Waals surface area (Å²) in [7, 11) is 0. The first-order chi connectivity index (χ1) is 11.3. The van der Waals surface area contributed by atoms with Crippen molar-refractivity contribution >= 4 is 11.6 Å². The number of halogens is 3. The second kappa shape index (κ2) is 7.31. The molecule has 0 aliphatic heterocycles. The van der Waals surface area contributed by atoms with Crippen LogP contribution in [-0.4, -0.2) is 17.0 Å². The summed E-state index contributed by atoms with van der Waals surface area (Å²) in [6.45, 7) is 1.61. The molecule has 8 heteroatoms. The molecule has 0 aliphatic rings. The summed E-state index contributed by atoms with van der Waals surface area (Å²) in [5.74, 6) is -0.712. The Bertz CT molecular complexity index is 757. The molecule has 1 aromatic carbocycles. The second-order valence-electron chi connectivity index (χ2n) is 5.06. The van der Waals surface area contributed by atoms with Gasteiger partial charge in [0.1, 0.15) is 11.8 Å². The zero-order valence-corrected chi connectivity index (χ0v) is 12.7. The highest BCUT2D eigenvalue weighted by Crippen LogP contribution is 2.29. The number of pyridine rings is 1. The third-order valence-electron chi connectivity index (χ3n) is 3.20. The maximum atomic E-state index is 12.6. The van der Waals surface area contributed by atoms with Gasteiger partial charge in [-0.3, -0.25) is 9.59 Å². The topological polar surface area (TPSA) is 71.2 Å². The molecule has 2 aromatic rings. The van der Waals surface area contributed by atoms with Crippen LogP contribution in [0.25, 0.3) is 0 Å². The average Bonchev–Trinajstić information content (AvgIpc) is 2.54. The van der Waals surface area contributed by atoms with E-state index in [0.29, 0.717) is 12.3 Å². The van der Waals surface area contributed by atoms with Gasteiger partial charge in [-0.2, -0.15) is 13.2 Å². The Hall–Kier alpha value is -2.61. The number of benzene rings is 1. The van der Waals surface area contributed by atoms with Gasteiger partial charge in [0.2, 0.25) is 0 Å². The fourth-order valence-corrected chi connectivity index (χ4v) is 1.85. The zero-order chi connectivity index (χ0) is 17.7. The number of H-pyrrole nitrogens is 1. The number of hydrogen-bond donors (Lipinski definition) is 2. The number of alkyl halides is 3. The number of carbonyl (C=O) groups excluding carboxylic acids is 1. The predicted octanol–water partition coefficient (Wildman–Crippen LogP) is 2.94. The maximum Gasteiger partial charge on any atom is 0.417 e. The van der Waals surface area contributed by atoms with Crippen LogP contribution in [0.1, 0.15) is 18.1 Å². The van der Waals surface area contributed by atoms with Crippen molar-refractivity contribution in [2.45, 2.75) is 25.8 Å². The minimum atomic E-state index is -4.63. The molecule has 2 N–H and O–H groups in total. The molecule has 128 valence electrons. The first kappa shape index (κ1) is 17.7. The van der Waals surface area contributed by atoms with E-state index in [4.69, 9.17) is 4.74 Å². The lowest BCUT2D eigenvalue weighted by atomic mass is 10.2. The molecule has 1 aromatic heterocycles. The number of carbonyl (C=O) groups is 1. The van der Waals surface area contributed by atoms with Gasteiger partial charge in [0.25, 0.3) is 11.5 Å². The number of rotatable bonds is 5. The van der Waals surface area contributed by atoms with Crippen LogP contribution in [-0.2, 0) is 22.3 Å². The molecular weight excluding hydrogens is 325 g/mol. The molecule has 1 atom stereocenters. The van der Waals surface area contributed by atoms with Crippen molar-refractivity contribution in [3.05, 3.63) is 64.1 Å². The van der Waals surface area contributed by atoms with E-state index >= 15 is 0 Å². The molecule has 2 rings (SSSR count). The van der Waals surface area contributed by atoms with E-state index in [9.17, 15) is 22.8 Å². The highest BCUT2D eigenvalue weighted by molar-refractivity contribution is 5.93. The van der Waals surface area contributed by atoms with Crippen molar-refractivity contribution in [3.8, 4) is 0 Å². The minimum absolute atomic E-state index is 0.161. The quantitative estimate of drug-likeness (QED) is 0.879. The molecule has 0 saturated carbocycles. The summed E-state index contributed by atoms with van der Waals surface area (Å²) in [6.07, 6.45) is -5.02. The number of anilines is 1. The average molecular weight is 340 g/mol. The number of nitrogens with one attached hydrogen (secondary N) is 2. The SMILES string of the molecule is CC(OCc1ccccc1)C(=O)Nc1cc(C(F)(F)F)c[nH]c1=O. The van der Waals surface area contributed by atoms with Crippen LogP contribution in [0.3, 0.4) is 0 Å².